The normalized spacial score (nSPS) is 10.3. The molecule has 3 aromatic rings. The third kappa shape index (κ3) is 6.02. The van der Waals surface area contributed by atoms with Crippen molar-refractivity contribution in [3.8, 4) is 5.75 Å². The summed E-state index contributed by atoms with van der Waals surface area (Å²) in [5, 5.41) is 10.8. The summed E-state index contributed by atoms with van der Waals surface area (Å²) >= 11 is 1.25. The lowest BCUT2D eigenvalue weighted by Crippen LogP contribution is -2.15. The number of nitro benzene ring substituents is 1. The minimum Gasteiger partial charge on any atom is -0.454 e. The Morgan fingerprint density at radius 2 is 1.59 bits per heavy atom. The average molecular weight is 451 g/mol. The summed E-state index contributed by atoms with van der Waals surface area (Å²) in [6.07, 6.45) is 0. The predicted molar refractivity (Wildman–Crippen MR) is 116 cm³/mol. The van der Waals surface area contributed by atoms with Crippen molar-refractivity contribution >= 4 is 35.2 Å². The second-order valence-corrected chi connectivity index (χ2v) is 7.58. The van der Waals surface area contributed by atoms with Crippen molar-refractivity contribution in [3.05, 3.63) is 94.0 Å². The van der Waals surface area contributed by atoms with E-state index in [1.807, 2.05) is 0 Å². The molecule has 8 nitrogen and oxygen atoms in total. The fourth-order valence-electron chi connectivity index (χ4n) is 2.65. The molecule has 0 bridgehead atoms. The maximum atomic E-state index is 12.6. The fraction of sp³-hybridized carbons (Fsp3) is 0.0870. The number of esters is 2. The average Bonchev–Trinajstić information content (AvgIpc) is 2.78. The zero-order valence-corrected chi connectivity index (χ0v) is 17.7. The van der Waals surface area contributed by atoms with Crippen molar-refractivity contribution in [2.24, 2.45) is 0 Å². The number of ether oxygens (including phenoxy) is 2. The molecule has 0 atom stereocenters. The predicted octanol–water partition coefficient (Wildman–Crippen LogP) is 4.71. The van der Waals surface area contributed by atoms with Crippen LogP contribution in [0.1, 0.15) is 27.6 Å². The molecule has 0 aliphatic heterocycles. The first-order chi connectivity index (χ1) is 15.3. The zero-order valence-electron chi connectivity index (χ0n) is 16.8. The minimum atomic E-state index is -0.667. The number of carbonyl (C=O) groups is 3. The molecule has 0 fully saturated rings. The van der Waals surface area contributed by atoms with Crippen LogP contribution in [0.5, 0.6) is 5.75 Å². The zero-order chi connectivity index (χ0) is 23.1. The highest BCUT2D eigenvalue weighted by atomic mass is 32.2. The lowest BCUT2D eigenvalue weighted by molar-refractivity contribution is -0.384. The van der Waals surface area contributed by atoms with Gasteiger partial charge in [0.2, 0.25) is 0 Å². The van der Waals surface area contributed by atoms with Crippen molar-refractivity contribution in [2.45, 2.75) is 16.7 Å². The number of hydrogen-bond donors (Lipinski definition) is 0. The number of rotatable bonds is 8. The number of hydrogen-bond acceptors (Lipinski definition) is 8. The molecule has 9 heteroatoms. The van der Waals surface area contributed by atoms with Gasteiger partial charge < -0.3 is 9.47 Å². The number of benzene rings is 3. The minimum absolute atomic E-state index is 0.0264. The van der Waals surface area contributed by atoms with Crippen molar-refractivity contribution in [1.82, 2.24) is 0 Å². The van der Waals surface area contributed by atoms with Crippen LogP contribution in [-0.4, -0.2) is 29.3 Å². The molecule has 0 amide bonds. The molecule has 0 radical (unpaired) electrons. The quantitative estimate of drug-likeness (QED) is 0.159. The Hall–Kier alpha value is -3.98. The molecule has 0 aliphatic rings. The maximum absolute atomic E-state index is 12.6. The molecule has 0 heterocycles. The maximum Gasteiger partial charge on any atom is 0.339 e. The van der Waals surface area contributed by atoms with Crippen molar-refractivity contribution in [3.63, 3.8) is 0 Å². The number of non-ortho nitro benzene ring substituents is 1. The van der Waals surface area contributed by atoms with E-state index in [-0.39, 0.29) is 11.3 Å². The molecule has 3 rings (SSSR count). The van der Waals surface area contributed by atoms with E-state index in [1.165, 1.54) is 55.1 Å². The van der Waals surface area contributed by atoms with Crippen LogP contribution in [0.25, 0.3) is 0 Å². The second kappa shape index (κ2) is 10.4. The van der Waals surface area contributed by atoms with E-state index >= 15 is 0 Å². The van der Waals surface area contributed by atoms with E-state index in [4.69, 9.17) is 9.47 Å². The first-order valence-corrected chi connectivity index (χ1v) is 10.2. The molecular formula is C23H17NO7S. The third-order valence-electron chi connectivity index (χ3n) is 4.15. The first kappa shape index (κ1) is 22.7. The van der Waals surface area contributed by atoms with E-state index in [1.54, 1.807) is 36.4 Å². The lowest BCUT2D eigenvalue weighted by atomic mass is 10.1. The number of Topliss-reactive ketones (excluding diaryl/α,β-unsaturated/α-hetero) is 1. The summed E-state index contributed by atoms with van der Waals surface area (Å²) in [5.74, 6) is -1.24. The van der Waals surface area contributed by atoms with Crippen molar-refractivity contribution < 1.29 is 28.8 Å². The van der Waals surface area contributed by atoms with Gasteiger partial charge in [-0.2, -0.15) is 0 Å². The fourth-order valence-corrected chi connectivity index (χ4v) is 3.59. The highest BCUT2D eigenvalue weighted by Crippen LogP contribution is 2.31. The topological polar surface area (TPSA) is 113 Å². The van der Waals surface area contributed by atoms with E-state index in [0.717, 1.165) is 0 Å². The monoisotopic (exact) mass is 451 g/mol. The van der Waals surface area contributed by atoms with E-state index in [9.17, 15) is 24.5 Å². The molecule has 162 valence electrons. The van der Waals surface area contributed by atoms with Gasteiger partial charge in [-0.05, 0) is 48.5 Å². The lowest BCUT2D eigenvalue weighted by Gasteiger charge is -2.09. The molecule has 0 N–H and O–H groups in total. The van der Waals surface area contributed by atoms with Gasteiger partial charge in [0.15, 0.2) is 12.4 Å². The standard InChI is InChI=1S/C23H17NO7S/c1-15(25)31-18-10-6-16(7-11-18)21(26)14-30-23(27)20-4-2-3-5-22(20)32-19-12-8-17(9-13-19)24(28)29/h2-13H,14H2,1H3. The van der Waals surface area contributed by atoms with E-state index in [2.05, 4.69) is 0 Å². The van der Waals surface area contributed by atoms with Crippen LogP contribution in [0.4, 0.5) is 5.69 Å². The number of nitrogens with zero attached hydrogens (tertiary/aromatic N) is 1. The van der Waals surface area contributed by atoms with Crippen molar-refractivity contribution in [2.75, 3.05) is 6.61 Å². The van der Waals surface area contributed by atoms with Crippen molar-refractivity contribution in [1.29, 1.82) is 0 Å². The summed E-state index contributed by atoms with van der Waals surface area (Å²) in [4.78, 5) is 47.5. The number of nitro groups is 1. The summed E-state index contributed by atoms with van der Waals surface area (Å²) in [5.41, 5.74) is 0.553. The summed E-state index contributed by atoms with van der Waals surface area (Å²) in [7, 11) is 0. The molecule has 0 aliphatic carbocycles. The molecule has 32 heavy (non-hydrogen) atoms. The first-order valence-electron chi connectivity index (χ1n) is 9.33. The molecule has 0 saturated carbocycles. The summed E-state index contributed by atoms with van der Waals surface area (Å²) < 4.78 is 10.1. The van der Waals surface area contributed by atoms with Gasteiger partial charge in [0, 0.05) is 34.4 Å². The molecule has 0 saturated heterocycles. The number of ketones is 1. The van der Waals surface area contributed by atoms with Crippen LogP contribution in [0.3, 0.4) is 0 Å². The Kier molecular flexibility index (Phi) is 7.35. The van der Waals surface area contributed by atoms with E-state index < -0.39 is 29.3 Å². The van der Waals surface area contributed by atoms with Gasteiger partial charge in [-0.1, -0.05) is 23.9 Å². The van der Waals surface area contributed by atoms with Crippen LogP contribution in [0.2, 0.25) is 0 Å². The van der Waals surface area contributed by atoms with Crippen LogP contribution in [0, 0.1) is 10.1 Å². The van der Waals surface area contributed by atoms with Crippen LogP contribution in [-0.2, 0) is 9.53 Å². The van der Waals surface area contributed by atoms with Gasteiger partial charge >= 0.3 is 11.9 Å². The molecule has 0 spiro atoms. The number of carbonyl (C=O) groups excluding carboxylic acids is 3. The molecular weight excluding hydrogens is 434 g/mol. The smallest absolute Gasteiger partial charge is 0.339 e. The van der Waals surface area contributed by atoms with Gasteiger partial charge in [-0.25, -0.2) is 4.79 Å². The van der Waals surface area contributed by atoms with Crippen LogP contribution >= 0.6 is 11.8 Å². The Labute approximate surface area is 187 Å². The van der Waals surface area contributed by atoms with Gasteiger partial charge in [-0.15, -0.1) is 0 Å². The molecule has 3 aromatic carbocycles. The van der Waals surface area contributed by atoms with Gasteiger partial charge in [-0.3, -0.25) is 19.7 Å². The molecule has 0 aromatic heterocycles. The van der Waals surface area contributed by atoms with Crippen LogP contribution in [0.15, 0.2) is 82.6 Å². The largest absolute Gasteiger partial charge is 0.454 e. The molecule has 0 unspecified atom stereocenters. The Morgan fingerprint density at radius 3 is 2.22 bits per heavy atom. The highest BCUT2D eigenvalue weighted by Gasteiger charge is 2.16. The summed E-state index contributed by atoms with van der Waals surface area (Å²) in [6, 6.07) is 18.6. The van der Waals surface area contributed by atoms with Gasteiger partial charge in [0.25, 0.3) is 5.69 Å². The van der Waals surface area contributed by atoms with E-state index in [0.29, 0.717) is 21.1 Å². The van der Waals surface area contributed by atoms with Gasteiger partial charge in [0.1, 0.15) is 5.75 Å². The Bertz CT molecular complexity index is 1160. The second-order valence-electron chi connectivity index (χ2n) is 6.47. The Morgan fingerprint density at radius 1 is 0.938 bits per heavy atom. The SMILES string of the molecule is CC(=O)Oc1ccc(C(=O)COC(=O)c2ccccc2Sc2ccc([N+](=O)[O-])cc2)cc1. The van der Waals surface area contributed by atoms with Crippen LogP contribution < -0.4 is 4.74 Å². The third-order valence-corrected chi connectivity index (χ3v) is 5.24. The Balaban J connectivity index is 1.64. The summed E-state index contributed by atoms with van der Waals surface area (Å²) in [6.45, 7) is 0.818. The highest BCUT2D eigenvalue weighted by molar-refractivity contribution is 7.99. The van der Waals surface area contributed by atoms with Gasteiger partial charge in [0.05, 0.1) is 10.5 Å².